The van der Waals surface area contributed by atoms with E-state index in [-0.39, 0.29) is 11.9 Å². The Morgan fingerprint density at radius 2 is 2.06 bits per heavy atom. The van der Waals surface area contributed by atoms with Crippen LogP contribution in [-0.4, -0.2) is 16.9 Å². The summed E-state index contributed by atoms with van der Waals surface area (Å²) in [5, 5.41) is 2.96. The van der Waals surface area contributed by atoms with Gasteiger partial charge in [0.1, 0.15) is 10.3 Å². The highest BCUT2D eigenvalue weighted by Crippen LogP contribution is 2.09. The summed E-state index contributed by atoms with van der Waals surface area (Å²) in [6.07, 6.45) is 2.12. The van der Waals surface area contributed by atoms with Gasteiger partial charge in [0.25, 0.3) is 5.91 Å². The molecule has 1 amide bonds. The number of hydrogen-bond donors (Lipinski definition) is 1. The first-order valence-corrected chi connectivity index (χ1v) is 6.71. The van der Waals surface area contributed by atoms with Crippen LogP contribution in [0.25, 0.3) is 0 Å². The van der Waals surface area contributed by atoms with Gasteiger partial charge in [0.15, 0.2) is 0 Å². The van der Waals surface area contributed by atoms with Crippen LogP contribution in [-0.2, 0) is 0 Å². The molecule has 0 saturated heterocycles. The first-order valence-electron chi connectivity index (χ1n) is 5.92. The molecule has 1 rings (SSSR count). The van der Waals surface area contributed by atoms with Gasteiger partial charge in [-0.05, 0) is 53.7 Å². The molecule has 0 aliphatic heterocycles. The van der Waals surface area contributed by atoms with Crippen molar-refractivity contribution in [2.45, 2.75) is 39.7 Å². The summed E-state index contributed by atoms with van der Waals surface area (Å²) in [5.41, 5.74) is 0.454. The van der Waals surface area contributed by atoms with Crippen molar-refractivity contribution in [2.24, 2.45) is 5.92 Å². The molecule has 0 saturated carbocycles. The van der Waals surface area contributed by atoms with Crippen LogP contribution in [0.4, 0.5) is 0 Å². The Kier molecular flexibility index (Phi) is 5.62. The van der Waals surface area contributed by atoms with E-state index in [1.807, 2.05) is 13.0 Å². The highest BCUT2D eigenvalue weighted by atomic mass is 79.9. The molecule has 0 aliphatic carbocycles. The molecule has 3 nitrogen and oxygen atoms in total. The van der Waals surface area contributed by atoms with Gasteiger partial charge in [-0.3, -0.25) is 4.79 Å². The molecule has 17 heavy (non-hydrogen) atoms. The number of amides is 1. The van der Waals surface area contributed by atoms with E-state index < -0.39 is 0 Å². The highest BCUT2D eigenvalue weighted by molar-refractivity contribution is 9.10. The third kappa shape index (κ3) is 5.31. The Hall–Kier alpha value is -0.900. The summed E-state index contributed by atoms with van der Waals surface area (Å²) in [6.45, 7) is 6.40. The van der Waals surface area contributed by atoms with E-state index in [0.717, 1.165) is 12.8 Å². The number of halogens is 1. The van der Waals surface area contributed by atoms with E-state index >= 15 is 0 Å². The maximum absolute atomic E-state index is 11.9. The molecule has 94 valence electrons. The summed E-state index contributed by atoms with van der Waals surface area (Å²) in [6, 6.07) is 5.52. The molecule has 1 unspecified atom stereocenters. The van der Waals surface area contributed by atoms with Gasteiger partial charge in [-0.15, -0.1) is 0 Å². The fourth-order valence-electron chi connectivity index (χ4n) is 1.49. The number of aromatic nitrogens is 1. The SMILES string of the molecule is CC(C)CCC(C)NC(=O)c1cccc(Br)n1. The normalized spacial score (nSPS) is 12.5. The summed E-state index contributed by atoms with van der Waals surface area (Å²) >= 11 is 3.26. The zero-order chi connectivity index (χ0) is 12.8. The quantitative estimate of drug-likeness (QED) is 0.847. The number of carbonyl (C=O) groups is 1. The van der Waals surface area contributed by atoms with Crippen molar-refractivity contribution in [1.29, 1.82) is 0 Å². The highest BCUT2D eigenvalue weighted by Gasteiger charge is 2.11. The minimum absolute atomic E-state index is 0.109. The molecule has 1 atom stereocenters. The van der Waals surface area contributed by atoms with E-state index in [0.29, 0.717) is 16.2 Å². The Bertz CT molecular complexity index is 379. The molecule has 1 aromatic heterocycles. The summed E-state index contributed by atoms with van der Waals surface area (Å²) < 4.78 is 0.681. The van der Waals surface area contributed by atoms with Crippen molar-refractivity contribution in [3.8, 4) is 0 Å². The van der Waals surface area contributed by atoms with Crippen LogP contribution in [0.2, 0.25) is 0 Å². The van der Waals surface area contributed by atoms with Crippen LogP contribution in [0, 0.1) is 5.92 Å². The zero-order valence-corrected chi connectivity index (χ0v) is 12.1. The monoisotopic (exact) mass is 298 g/mol. The second-order valence-electron chi connectivity index (χ2n) is 4.69. The van der Waals surface area contributed by atoms with Gasteiger partial charge < -0.3 is 5.32 Å². The minimum atomic E-state index is -0.109. The van der Waals surface area contributed by atoms with Crippen LogP contribution in [0.1, 0.15) is 44.1 Å². The van der Waals surface area contributed by atoms with Crippen molar-refractivity contribution >= 4 is 21.8 Å². The van der Waals surface area contributed by atoms with E-state index in [9.17, 15) is 4.79 Å². The smallest absolute Gasteiger partial charge is 0.270 e. The average molecular weight is 299 g/mol. The number of nitrogens with zero attached hydrogens (tertiary/aromatic N) is 1. The average Bonchev–Trinajstić information content (AvgIpc) is 2.26. The fourth-order valence-corrected chi connectivity index (χ4v) is 1.83. The van der Waals surface area contributed by atoms with Crippen LogP contribution < -0.4 is 5.32 Å². The maximum atomic E-state index is 11.9. The lowest BCUT2D eigenvalue weighted by Gasteiger charge is -2.14. The fraction of sp³-hybridized carbons (Fsp3) is 0.538. The molecule has 1 heterocycles. The predicted molar refractivity (Wildman–Crippen MR) is 72.9 cm³/mol. The summed E-state index contributed by atoms with van der Waals surface area (Å²) in [5.74, 6) is 0.556. The van der Waals surface area contributed by atoms with E-state index in [4.69, 9.17) is 0 Å². The largest absolute Gasteiger partial charge is 0.348 e. The minimum Gasteiger partial charge on any atom is -0.348 e. The second kappa shape index (κ2) is 6.74. The topological polar surface area (TPSA) is 42.0 Å². The molecule has 0 radical (unpaired) electrons. The van der Waals surface area contributed by atoms with Crippen LogP contribution in [0.15, 0.2) is 22.8 Å². The second-order valence-corrected chi connectivity index (χ2v) is 5.50. The molecule has 0 aromatic carbocycles. The van der Waals surface area contributed by atoms with Crippen LogP contribution in [0.3, 0.4) is 0 Å². The van der Waals surface area contributed by atoms with E-state index in [2.05, 4.69) is 40.1 Å². The number of carbonyl (C=O) groups excluding carboxylic acids is 1. The molecular formula is C13H19BrN2O. The summed E-state index contributed by atoms with van der Waals surface area (Å²) in [4.78, 5) is 16.0. The van der Waals surface area contributed by atoms with Crippen LogP contribution >= 0.6 is 15.9 Å². The van der Waals surface area contributed by atoms with Crippen molar-refractivity contribution in [1.82, 2.24) is 10.3 Å². The number of rotatable bonds is 5. The van der Waals surface area contributed by atoms with Gasteiger partial charge in [0.2, 0.25) is 0 Å². The molecule has 0 bridgehead atoms. The summed E-state index contributed by atoms with van der Waals surface area (Å²) in [7, 11) is 0. The lowest BCUT2D eigenvalue weighted by atomic mass is 10.0. The van der Waals surface area contributed by atoms with Gasteiger partial charge in [0.05, 0.1) is 0 Å². The van der Waals surface area contributed by atoms with Gasteiger partial charge in [-0.1, -0.05) is 19.9 Å². The maximum Gasteiger partial charge on any atom is 0.270 e. The molecule has 0 aliphatic rings. The van der Waals surface area contributed by atoms with Gasteiger partial charge in [-0.25, -0.2) is 4.98 Å². The standard InChI is InChI=1S/C13H19BrN2O/c1-9(2)7-8-10(3)15-13(17)11-5-4-6-12(14)16-11/h4-6,9-10H,7-8H2,1-3H3,(H,15,17). The molecule has 4 heteroatoms. The first kappa shape index (κ1) is 14.2. The molecule has 0 fully saturated rings. The Morgan fingerprint density at radius 3 is 2.65 bits per heavy atom. The van der Waals surface area contributed by atoms with Gasteiger partial charge in [-0.2, -0.15) is 0 Å². The van der Waals surface area contributed by atoms with Gasteiger partial charge >= 0.3 is 0 Å². The van der Waals surface area contributed by atoms with E-state index in [1.165, 1.54) is 0 Å². The lowest BCUT2D eigenvalue weighted by molar-refractivity contribution is 0.0932. The van der Waals surface area contributed by atoms with Crippen molar-refractivity contribution < 1.29 is 4.79 Å². The number of nitrogens with one attached hydrogen (secondary N) is 1. The third-order valence-electron chi connectivity index (χ3n) is 2.50. The Morgan fingerprint density at radius 1 is 1.35 bits per heavy atom. The number of hydrogen-bond acceptors (Lipinski definition) is 2. The van der Waals surface area contributed by atoms with Crippen molar-refractivity contribution in [2.75, 3.05) is 0 Å². The molecule has 1 aromatic rings. The lowest BCUT2D eigenvalue weighted by Crippen LogP contribution is -2.33. The van der Waals surface area contributed by atoms with Crippen molar-refractivity contribution in [3.05, 3.63) is 28.5 Å². The first-order chi connectivity index (χ1) is 7.99. The van der Waals surface area contributed by atoms with Crippen molar-refractivity contribution in [3.63, 3.8) is 0 Å². The molecule has 0 spiro atoms. The Balaban J connectivity index is 2.49. The van der Waals surface area contributed by atoms with Crippen LogP contribution in [0.5, 0.6) is 0 Å². The van der Waals surface area contributed by atoms with E-state index in [1.54, 1.807) is 12.1 Å². The number of pyridine rings is 1. The molecular weight excluding hydrogens is 280 g/mol. The zero-order valence-electron chi connectivity index (χ0n) is 10.5. The molecule has 1 N–H and O–H groups in total. The Labute approximate surface area is 111 Å². The predicted octanol–water partition coefficient (Wildman–Crippen LogP) is 3.40. The van der Waals surface area contributed by atoms with Gasteiger partial charge in [0, 0.05) is 6.04 Å². The third-order valence-corrected chi connectivity index (χ3v) is 2.94.